The molecule has 0 aromatic heterocycles. The average Bonchev–Trinajstić information content (AvgIpc) is 2.32. The Morgan fingerprint density at radius 1 is 1.44 bits per heavy atom. The molecule has 0 radical (unpaired) electrons. The van der Waals surface area contributed by atoms with E-state index in [1.54, 1.807) is 6.92 Å². The largest absolute Gasteiger partial charge is 0.480 e. The molecule has 2 atom stereocenters. The second kappa shape index (κ2) is 4.73. The standard InChI is InChI=1S/C15H21NO2/c1-10(14(17)18)16-13-12-7-5-4-6-11(12)8-9-15(13,2)3/h4-7,10,13,16H,8-9H2,1-3H3,(H,17,18). The molecule has 2 rings (SSSR count). The molecule has 1 aliphatic carbocycles. The van der Waals surface area contributed by atoms with Gasteiger partial charge in [-0.25, -0.2) is 0 Å². The Bertz CT molecular complexity index is 454. The van der Waals surface area contributed by atoms with E-state index < -0.39 is 12.0 Å². The van der Waals surface area contributed by atoms with E-state index in [-0.39, 0.29) is 11.5 Å². The number of hydrogen-bond acceptors (Lipinski definition) is 2. The summed E-state index contributed by atoms with van der Waals surface area (Å²) < 4.78 is 0. The van der Waals surface area contributed by atoms with Crippen LogP contribution in [0.2, 0.25) is 0 Å². The molecular weight excluding hydrogens is 226 g/mol. The fraction of sp³-hybridized carbons (Fsp3) is 0.533. The Labute approximate surface area is 108 Å². The monoisotopic (exact) mass is 247 g/mol. The number of aliphatic carboxylic acids is 1. The van der Waals surface area contributed by atoms with Crippen molar-refractivity contribution >= 4 is 5.97 Å². The van der Waals surface area contributed by atoms with Crippen LogP contribution in [0.5, 0.6) is 0 Å². The number of benzene rings is 1. The van der Waals surface area contributed by atoms with E-state index in [9.17, 15) is 4.79 Å². The molecule has 0 heterocycles. The molecule has 18 heavy (non-hydrogen) atoms. The number of hydrogen-bond donors (Lipinski definition) is 2. The van der Waals surface area contributed by atoms with Gasteiger partial charge in [-0.2, -0.15) is 0 Å². The van der Waals surface area contributed by atoms with Gasteiger partial charge in [0.15, 0.2) is 0 Å². The number of fused-ring (bicyclic) bond motifs is 1. The van der Waals surface area contributed by atoms with Gasteiger partial charge < -0.3 is 5.11 Å². The zero-order valence-electron chi connectivity index (χ0n) is 11.2. The fourth-order valence-electron chi connectivity index (χ4n) is 2.70. The number of carboxylic acids is 1. The lowest BCUT2D eigenvalue weighted by molar-refractivity contribution is -0.139. The van der Waals surface area contributed by atoms with E-state index in [0.717, 1.165) is 12.8 Å². The lowest BCUT2D eigenvalue weighted by atomic mass is 9.70. The Hall–Kier alpha value is -1.35. The molecule has 0 bridgehead atoms. The number of aryl methyl sites for hydroxylation is 1. The van der Waals surface area contributed by atoms with Crippen molar-refractivity contribution in [2.75, 3.05) is 0 Å². The average molecular weight is 247 g/mol. The summed E-state index contributed by atoms with van der Waals surface area (Å²) in [6, 6.07) is 7.91. The molecule has 0 amide bonds. The number of carbonyl (C=O) groups is 1. The zero-order valence-corrected chi connectivity index (χ0v) is 11.2. The van der Waals surface area contributed by atoms with Crippen LogP contribution < -0.4 is 5.32 Å². The third kappa shape index (κ3) is 2.41. The summed E-state index contributed by atoms with van der Waals surface area (Å²) in [5, 5.41) is 12.3. The van der Waals surface area contributed by atoms with Crippen LogP contribution in [0.25, 0.3) is 0 Å². The van der Waals surface area contributed by atoms with Crippen molar-refractivity contribution < 1.29 is 9.90 Å². The van der Waals surface area contributed by atoms with Gasteiger partial charge in [0.1, 0.15) is 6.04 Å². The maximum atomic E-state index is 11.0. The molecule has 0 aliphatic heterocycles. The van der Waals surface area contributed by atoms with Crippen molar-refractivity contribution in [2.45, 2.75) is 45.7 Å². The molecule has 98 valence electrons. The minimum atomic E-state index is -0.797. The molecule has 3 heteroatoms. The summed E-state index contributed by atoms with van der Waals surface area (Å²) in [5.74, 6) is -0.797. The van der Waals surface area contributed by atoms with Gasteiger partial charge in [0.2, 0.25) is 0 Å². The van der Waals surface area contributed by atoms with Gasteiger partial charge in [-0.1, -0.05) is 38.1 Å². The van der Waals surface area contributed by atoms with E-state index in [1.807, 2.05) is 6.07 Å². The van der Waals surface area contributed by atoms with Crippen LogP contribution in [0.15, 0.2) is 24.3 Å². The van der Waals surface area contributed by atoms with Crippen molar-refractivity contribution in [2.24, 2.45) is 5.41 Å². The third-order valence-electron chi connectivity index (χ3n) is 3.97. The first-order valence-electron chi connectivity index (χ1n) is 6.48. The normalized spacial score (nSPS) is 23.2. The highest BCUT2D eigenvalue weighted by molar-refractivity contribution is 5.73. The predicted molar refractivity (Wildman–Crippen MR) is 71.5 cm³/mol. The Balaban J connectivity index is 2.33. The minimum absolute atomic E-state index is 0.0814. The summed E-state index contributed by atoms with van der Waals surface area (Å²) in [6.07, 6.45) is 2.15. The van der Waals surface area contributed by atoms with E-state index in [2.05, 4.69) is 37.4 Å². The van der Waals surface area contributed by atoms with Crippen molar-refractivity contribution in [3.05, 3.63) is 35.4 Å². The van der Waals surface area contributed by atoms with Gasteiger partial charge in [0.25, 0.3) is 0 Å². The first-order valence-corrected chi connectivity index (χ1v) is 6.48. The summed E-state index contributed by atoms with van der Waals surface area (Å²) in [4.78, 5) is 11.0. The molecule has 0 saturated heterocycles. The highest BCUT2D eigenvalue weighted by Crippen LogP contribution is 2.43. The number of carboxylic acid groups (broad SMARTS) is 1. The van der Waals surface area contributed by atoms with Crippen molar-refractivity contribution in [1.82, 2.24) is 5.32 Å². The number of rotatable bonds is 3. The SMILES string of the molecule is CC(NC1c2ccccc2CCC1(C)C)C(=O)O. The van der Waals surface area contributed by atoms with Gasteiger partial charge in [0.05, 0.1) is 0 Å². The first-order chi connectivity index (χ1) is 8.42. The molecule has 3 nitrogen and oxygen atoms in total. The molecule has 0 saturated carbocycles. The topological polar surface area (TPSA) is 49.3 Å². The van der Waals surface area contributed by atoms with Crippen molar-refractivity contribution in [3.8, 4) is 0 Å². The summed E-state index contributed by atoms with van der Waals surface area (Å²) in [7, 11) is 0. The van der Waals surface area contributed by atoms with Gasteiger partial charge in [-0.05, 0) is 36.3 Å². The van der Waals surface area contributed by atoms with Crippen molar-refractivity contribution in [3.63, 3.8) is 0 Å². The molecule has 0 spiro atoms. The van der Waals surface area contributed by atoms with Crippen LogP contribution in [-0.4, -0.2) is 17.1 Å². The summed E-state index contributed by atoms with van der Waals surface area (Å²) in [6.45, 7) is 6.11. The highest BCUT2D eigenvalue weighted by Gasteiger charge is 2.36. The van der Waals surface area contributed by atoms with E-state index >= 15 is 0 Å². The Morgan fingerprint density at radius 2 is 2.11 bits per heavy atom. The molecule has 0 fully saturated rings. The molecule has 1 aromatic rings. The van der Waals surface area contributed by atoms with Crippen LogP contribution >= 0.6 is 0 Å². The molecule has 1 aromatic carbocycles. The smallest absolute Gasteiger partial charge is 0.320 e. The Morgan fingerprint density at radius 3 is 2.78 bits per heavy atom. The quantitative estimate of drug-likeness (QED) is 0.863. The maximum absolute atomic E-state index is 11.0. The molecule has 2 unspecified atom stereocenters. The maximum Gasteiger partial charge on any atom is 0.320 e. The fourth-order valence-corrected chi connectivity index (χ4v) is 2.70. The lowest BCUT2D eigenvalue weighted by Gasteiger charge is -2.41. The lowest BCUT2D eigenvalue weighted by Crippen LogP contribution is -2.44. The van der Waals surface area contributed by atoms with E-state index in [1.165, 1.54) is 11.1 Å². The van der Waals surface area contributed by atoms with Crippen LogP contribution in [0, 0.1) is 5.41 Å². The second-order valence-corrected chi connectivity index (χ2v) is 5.85. The predicted octanol–water partition coefficient (Wildman–Crippen LogP) is 2.76. The van der Waals surface area contributed by atoms with E-state index in [0.29, 0.717) is 0 Å². The Kier molecular flexibility index (Phi) is 3.44. The highest BCUT2D eigenvalue weighted by atomic mass is 16.4. The summed E-state index contributed by atoms with van der Waals surface area (Å²) in [5.41, 5.74) is 2.67. The van der Waals surface area contributed by atoms with E-state index in [4.69, 9.17) is 5.11 Å². The van der Waals surface area contributed by atoms with Gasteiger partial charge in [0, 0.05) is 6.04 Å². The molecule has 1 aliphatic rings. The van der Waals surface area contributed by atoms with Crippen LogP contribution in [0.1, 0.15) is 44.4 Å². The first kappa shape index (κ1) is 13.1. The van der Waals surface area contributed by atoms with Crippen LogP contribution in [0.4, 0.5) is 0 Å². The van der Waals surface area contributed by atoms with Crippen LogP contribution in [-0.2, 0) is 11.2 Å². The molecule has 2 N–H and O–H groups in total. The second-order valence-electron chi connectivity index (χ2n) is 5.85. The zero-order chi connectivity index (χ0) is 13.3. The van der Waals surface area contributed by atoms with Gasteiger partial charge in [-0.3, -0.25) is 10.1 Å². The minimum Gasteiger partial charge on any atom is -0.480 e. The summed E-state index contributed by atoms with van der Waals surface area (Å²) >= 11 is 0. The van der Waals surface area contributed by atoms with Gasteiger partial charge >= 0.3 is 5.97 Å². The van der Waals surface area contributed by atoms with Crippen molar-refractivity contribution in [1.29, 1.82) is 0 Å². The van der Waals surface area contributed by atoms with Crippen LogP contribution in [0.3, 0.4) is 0 Å². The molecular formula is C15H21NO2. The third-order valence-corrected chi connectivity index (χ3v) is 3.97. The van der Waals surface area contributed by atoms with Gasteiger partial charge in [-0.15, -0.1) is 0 Å². The number of nitrogens with one attached hydrogen (secondary N) is 1.